The van der Waals surface area contributed by atoms with Gasteiger partial charge < -0.3 is 19.5 Å². The minimum atomic E-state index is -2.52. The van der Waals surface area contributed by atoms with E-state index in [2.05, 4.69) is 4.74 Å². The van der Waals surface area contributed by atoms with Crippen LogP contribution in [0.1, 0.15) is 6.42 Å². The Morgan fingerprint density at radius 1 is 1.41 bits per heavy atom. The molecule has 0 aliphatic carbocycles. The monoisotopic (exact) mass is 255 g/mol. The standard InChI is InChI=1S/C10H19F2NO4/c1-13(5-8(14)6-16-2)10(15)3-4-17-7-9(11)12/h8-9,14H,3-7H2,1-2H3. The fraction of sp³-hybridized carbons (Fsp3) is 0.900. The van der Waals surface area contributed by atoms with Gasteiger partial charge in [-0.3, -0.25) is 4.79 Å². The summed E-state index contributed by atoms with van der Waals surface area (Å²) in [5.41, 5.74) is 0. The van der Waals surface area contributed by atoms with E-state index in [1.54, 1.807) is 0 Å². The molecule has 0 rings (SSSR count). The zero-order valence-corrected chi connectivity index (χ0v) is 10.1. The van der Waals surface area contributed by atoms with Gasteiger partial charge in [-0.2, -0.15) is 0 Å². The van der Waals surface area contributed by atoms with Crippen LogP contribution in [0.15, 0.2) is 0 Å². The summed E-state index contributed by atoms with van der Waals surface area (Å²) in [5.74, 6) is -0.269. The molecule has 0 aromatic heterocycles. The van der Waals surface area contributed by atoms with E-state index in [-0.39, 0.29) is 32.1 Å². The molecule has 0 aliphatic rings. The van der Waals surface area contributed by atoms with Crippen LogP contribution in [0.2, 0.25) is 0 Å². The molecule has 0 spiro atoms. The minimum Gasteiger partial charge on any atom is -0.389 e. The Hall–Kier alpha value is -0.790. The van der Waals surface area contributed by atoms with Gasteiger partial charge in [-0.05, 0) is 0 Å². The van der Waals surface area contributed by atoms with Crippen molar-refractivity contribution in [2.75, 3.05) is 40.5 Å². The highest BCUT2D eigenvalue weighted by Gasteiger charge is 2.13. The predicted molar refractivity (Wildman–Crippen MR) is 57.0 cm³/mol. The van der Waals surface area contributed by atoms with Gasteiger partial charge in [-0.1, -0.05) is 0 Å². The molecule has 7 heteroatoms. The molecule has 0 bridgehead atoms. The lowest BCUT2D eigenvalue weighted by atomic mass is 10.3. The predicted octanol–water partition coefficient (Wildman–Crippen LogP) is 0.124. The van der Waals surface area contributed by atoms with Crippen LogP contribution in [0.25, 0.3) is 0 Å². The van der Waals surface area contributed by atoms with Crippen molar-refractivity contribution in [3.05, 3.63) is 0 Å². The van der Waals surface area contributed by atoms with Gasteiger partial charge in [0.25, 0.3) is 6.43 Å². The van der Waals surface area contributed by atoms with E-state index in [4.69, 9.17) is 4.74 Å². The molecular weight excluding hydrogens is 236 g/mol. The maximum absolute atomic E-state index is 11.7. The first-order valence-corrected chi connectivity index (χ1v) is 5.24. The van der Waals surface area contributed by atoms with Crippen molar-refractivity contribution >= 4 is 5.91 Å². The number of ether oxygens (including phenoxy) is 2. The van der Waals surface area contributed by atoms with Crippen LogP contribution in [0, 0.1) is 0 Å². The van der Waals surface area contributed by atoms with Crippen LogP contribution < -0.4 is 0 Å². The largest absolute Gasteiger partial charge is 0.389 e. The van der Waals surface area contributed by atoms with Gasteiger partial charge in [0, 0.05) is 20.7 Å². The smallest absolute Gasteiger partial charge is 0.261 e. The Morgan fingerprint density at radius 3 is 2.59 bits per heavy atom. The lowest BCUT2D eigenvalue weighted by Crippen LogP contribution is -2.36. The number of carbonyl (C=O) groups is 1. The van der Waals surface area contributed by atoms with Crippen molar-refractivity contribution in [2.45, 2.75) is 19.0 Å². The summed E-state index contributed by atoms with van der Waals surface area (Å²) in [6.07, 6.45) is -3.26. The third kappa shape index (κ3) is 8.96. The first-order valence-electron chi connectivity index (χ1n) is 5.24. The van der Waals surface area contributed by atoms with E-state index >= 15 is 0 Å². The summed E-state index contributed by atoms with van der Waals surface area (Å²) in [5, 5.41) is 9.36. The van der Waals surface area contributed by atoms with Gasteiger partial charge in [0.1, 0.15) is 6.61 Å². The Morgan fingerprint density at radius 2 is 2.06 bits per heavy atom. The number of hydrogen-bond donors (Lipinski definition) is 1. The summed E-state index contributed by atoms with van der Waals surface area (Å²) in [7, 11) is 2.97. The lowest BCUT2D eigenvalue weighted by Gasteiger charge is -2.20. The number of amides is 1. The van der Waals surface area contributed by atoms with Crippen LogP contribution >= 0.6 is 0 Å². The van der Waals surface area contributed by atoms with Gasteiger partial charge >= 0.3 is 0 Å². The molecule has 1 amide bonds. The highest BCUT2D eigenvalue weighted by molar-refractivity contribution is 5.75. The van der Waals surface area contributed by atoms with E-state index in [0.29, 0.717) is 0 Å². The number of methoxy groups -OCH3 is 1. The van der Waals surface area contributed by atoms with E-state index < -0.39 is 19.1 Å². The van der Waals surface area contributed by atoms with Crippen molar-refractivity contribution < 1.29 is 28.2 Å². The number of hydrogen-bond acceptors (Lipinski definition) is 4. The normalized spacial score (nSPS) is 12.8. The maximum atomic E-state index is 11.7. The number of halogens is 2. The summed E-state index contributed by atoms with van der Waals surface area (Å²) < 4.78 is 32.7. The summed E-state index contributed by atoms with van der Waals surface area (Å²) in [6, 6.07) is 0. The SMILES string of the molecule is COCC(O)CN(C)C(=O)CCOCC(F)F. The fourth-order valence-electron chi connectivity index (χ4n) is 1.19. The minimum absolute atomic E-state index is 0.0168. The number of nitrogens with zero attached hydrogens (tertiary/aromatic N) is 1. The highest BCUT2D eigenvalue weighted by atomic mass is 19.3. The molecule has 0 aliphatic heterocycles. The molecule has 102 valence electrons. The lowest BCUT2D eigenvalue weighted by molar-refractivity contribution is -0.133. The molecule has 1 unspecified atom stereocenters. The number of likely N-dealkylation sites (N-methyl/N-ethyl adjacent to an activating group) is 1. The third-order valence-corrected chi connectivity index (χ3v) is 1.97. The zero-order valence-electron chi connectivity index (χ0n) is 10.1. The van der Waals surface area contributed by atoms with Crippen LogP contribution in [-0.4, -0.2) is 69.0 Å². The van der Waals surface area contributed by atoms with Crippen LogP contribution in [0.5, 0.6) is 0 Å². The Bertz CT molecular complexity index is 216. The molecule has 1 N–H and O–H groups in total. The Labute approximate surface area is 99.3 Å². The molecule has 0 saturated carbocycles. The molecular formula is C10H19F2NO4. The van der Waals surface area contributed by atoms with Gasteiger partial charge in [0.2, 0.25) is 5.91 Å². The molecule has 0 saturated heterocycles. The second-order valence-electron chi connectivity index (χ2n) is 3.60. The zero-order chi connectivity index (χ0) is 13.3. The van der Waals surface area contributed by atoms with Crippen molar-refractivity contribution in [2.24, 2.45) is 0 Å². The van der Waals surface area contributed by atoms with Crippen molar-refractivity contribution in [1.82, 2.24) is 4.90 Å². The van der Waals surface area contributed by atoms with E-state index in [1.165, 1.54) is 19.1 Å². The van der Waals surface area contributed by atoms with E-state index in [9.17, 15) is 18.7 Å². The third-order valence-electron chi connectivity index (χ3n) is 1.97. The topological polar surface area (TPSA) is 59.0 Å². The van der Waals surface area contributed by atoms with E-state index in [1.807, 2.05) is 0 Å². The Kier molecular flexibility index (Phi) is 8.83. The summed E-state index contributed by atoms with van der Waals surface area (Å²) in [6.45, 7) is -0.432. The summed E-state index contributed by atoms with van der Waals surface area (Å²) >= 11 is 0. The van der Waals surface area contributed by atoms with Gasteiger partial charge in [0.05, 0.1) is 25.7 Å². The number of rotatable bonds is 9. The summed E-state index contributed by atoms with van der Waals surface area (Å²) in [4.78, 5) is 12.7. The van der Waals surface area contributed by atoms with Crippen molar-refractivity contribution in [3.8, 4) is 0 Å². The van der Waals surface area contributed by atoms with Crippen molar-refractivity contribution in [1.29, 1.82) is 0 Å². The first kappa shape index (κ1) is 16.2. The molecule has 5 nitrogen and oxygen atoms in total. The average Bonchev–Trinajstić information content (AvgIpc) is 2.23. The molecule has 0 heterocycles. The molecule has 0 aromatic carbocycles. The van der Waals surface area contributed by atoms with Crippen LogP contribution in [0.4, 0.5) is 8.78 Å². The molecule has 17 heavy (non-hydrogen) atoms. The van der Waals surface area contributed by atoms with Crippen LogP contribution in [-0.2, 0) is 14.3 Å². The Balaban J connectivity index is 3.67. The number of aliphatic hydroxyl groups is 1. The first-order chi connectivity index (χ1) is 7.97. The van der Waals surface area contributed by atoms with E-state index in [0.717, 1.165) is 0 Å². The number of alkyl halides is 2. The van der Waals surface area contributed by atoms with Gasteiger partial charge in [-0.15, -0.1) is 0 Å². The number of carbonyl (C=O) groups excluding carboxylic acids is 1. The fourth-order valence-corrected chi connectivity index (χ4v) is 1.19. The van der Waals surface area contributed by atoms with Crippen molar-refractivity contribution in [3.63, 3.8) is 0 Å². The van der Waals surface area contributed by atoms with Gasteiger partial charge in [-0.25, -0.2) is 8.78 Å². The van der Waals surface area contributed by atoms with Crippen LogP contribution in [0.3, 0.4) is 0 Å². The molecule has 1 atom stereocenters. The average molecular weight is 255 g/mol. The quantitative estimate of drug-likeness (QED) is 0.595. The second-order valence-corrected chi connectivity index (χ2v) is 3.60. The second kappa shape index (κ2) is 9.26. The number of aliphatic hydroxyl groups excluding tert-OH is 1. The maximum Gasteiger partial charge on any atom is 0.261 e. The highest BCUT2D eigenvalue weighted by Crippen LogP contribution is 1.97. The molecule has 0 fully saturated rings. The molecule has 0 aromatic rings. The van der Waals surface area contributed by atoms with Gasteiger partial charge in [0.15, 0.2) is 0 Å². The molecule has 0 radical (unpaired) electrons.